The third-order valence-corrected chi connectivity index (χ3v) is 5.47. The molecule has 0 amide bonds. The van der Waals surface area contributed by atoms with Gasteiger partial charge in [0.2, 0.25) is 0 Å². The minimum atomic E-state index is -0.333. The van der Waals surface area contributed by atoms with Crippen LogP contribution in [0.25, 0.3) is 21.8 Å². The molecule has 0 spiro atoms. The van der Waals surface area contributed by atoms with E-state index in [9.17, 15) is 9.59 Å². The van der Waals surface area contributed by atoms with E-state index < -0.39 is 0 Å². The number of hydrogen-bond donors (Lipinski definition) is 3. The molecule has 6 aromatic rings. The first-order valence-corrected chi connectivity index (χ1v) is 34.1. The van der Waals surface area contributed by atoms with Crippen LogP contribution < -0.4 is 16.9 Å². The van der Waals surface area contributed by atoms with Crippen molar-refractivity contribution in [3.63, 3.8) is 0 Å². The maximum atomic E-state index is 11.9. The molecule has 0 aliphatic carbocycles. The summed E-state index contributed by atoms with van der Waals surface area (Å²) in [6.45, 7) is 9.90. The summed E-state index contributed by atoms with van der Waals surface area (Å²) in [7, 11) is 0. The summed E-state index contributed by atoms with van der Waals surface area (Å²) in [6.07, 6.45) is 3.20. The number of para-hydroxylation sites is 1. The fourth-order valence-electron chi connectivity index (χ4n) is 3.62. The van der Waals surface area contributed by atoms with Gasteiger partial charge in [-0.2, -0.15) is 0 Å². The Morgan fingerprint density at radius 2 is 1.11 bits per heavy atom. The van der Waals surface area contributed by atoms with E-state index in [0.717, 1.165) is 33.2 Å². The van der Waals surface area contributed by atoms with E-state index in [1.807, 2.05) is 107 Å². The summed E-state index contributed by atoms with van der Waals surface area (Å²) in [5, 5.41) is 0.989. The zero-order chi connectivity index (χ0) is 37.4. The van der Waals surface area contributed by atoms with Crippen LogP contribution in [0.3, 0.4) is 0 Å². The number of nitrogens with zero attached hydrogens (tertiary/aromatic N) is 2. The maximum absolute atomic E-state index is 11.9. The van der Waals surface area contributed by atoms with E-state index in [2.05, 4.69) is 119 Å². The molecule has 0 bridgehead atoms. The molecule has 0 unspecified atom stereocenters. The average Bonchev–Trinajstić information content (AvgIpc) is 3.12. The van der Waals surface area contributed by atoms with Crippen LogP contribution in [-0.4, -0.2) is 19.9 Å². The van der Waals surface area contributed by atoms with Crippen LogP contribution in [-0.2, 0) is 11.3 Å². The van der Waals surface area contributed by atoms with Crippen molar-refractivity contribution < 1.29 is 7.74 Å². The number of rotatable bonds is 2. The Balaban J connectivity index is 0.000000665. The van der Waals surface area contributed by atoms with Gasteiger partial charge in [-0.25, -0.2) is 9.97 Å². The van der Waals surface area contributed by atoms with Crippen molar-refractivity contribution in [3.05, 3.63) is 147 Å². The fraction of sp³-hybridized carbons (Fsp3) is 0.176. The predicted octanol–water partition coefficient (Wildman–Crippen LogP) is 11.5. The van der Waals surface area contributed by atoms with Crippen LogP contribution in [0.2, 0.25) is 2.82 Å². The molecule has 2 aromatic heterocycles. The molecule has 2 heterocycles. The molecule has 0 radical (unpaired) electrons. The van der Waals surface area contributed by atoms with Crippen LogP contribution >= 0.6 is 97.2 Å². The number of benzene rings is 4. The number of anilines is 1. The second-order valence-corrected chi connectivity index (χ2v) is 43.9. The van der Waals surface area contributed by atoms with Crippen molar-refractivity contribution in [1.29, 1.82) is 0 Å². The Bertz CT molecular complexity index is 1890. The number of halogens is 5. The molecule has 4 N–H and O–H groups in total. The third-order valence-electron chi connectivity index (χ3n) is 5.47. The van der Waals surface area contributed by atoms with Crippen molar-refractivity contribution >= 4 is 125 Å². The number of aromatic amines is 2. The second-order valence-electron chi connectivity index (χ2n) is 8.49. The zero-order valence-electron chi connectivity index (χ0n) is 28.6. The molecular formula is C34H39I5N5O2V. The Kier molecular flexibility index (Phi) is 26.1. The molecule has 0 aliphatic heterocycles. The topological polar surface area (TPSA) is 118 Å². The van der Waals surface area contributed by atoms with E-state index >= 15 is 0 Å². The van der Waals surface area contributed by atoms with Crippen LogP contribution in [0.1, 0.15) is 44.4 Å². The summed E-state index contributed by atoms with van der Waals surface area (Å²) < 4.78 is 14.6. The number of aryl methyl sites for hydroxylation is 1. The normalized spacial score (nSPS) is 9.77. The minimum absolute atomic E-state index is 0.278. The van der Waals surface area contributed by atoms with E-state index in [1.54, 1.807) is 12.1 Å². The Labute approximate surface area is 341 Å². The summed E-state index contributed by atoms with van der Waals surface area (Å²) >= 11 is 11.6. The van der Waals surface area contributed by atoms with Crippen molar-refractivity contribution in [2.75, 3.05) is 5.73 Å². The average molecular weight is 1240 g/mol. The van der Waals surface area contributed by atoms with Crippen molar-refractivity contribution in [3.8, 4) is 0 Å². The molecule has 0 saturated heterocycles. The van der Waals surface area contributed by atoms with E-state index in [1.165, 1.54) is 18.2 Å². The van der Waals surface area contributed by atoms with E-state index in [0.29, 0.717) is 21.8 Å². The molecular weight excluding hydrogens is 1200 g/mol. The quantitative estimate of drug-likeness (QED) is 0.118. The molecule has 47 heavy (non-hydrogen) atoms. The summed E-state index contributed by atoms with van der Waals surface area (Å²) in [6, 6.07) is 30.6. The number of nitrogens with one attached hydrogen (secondary N) is 2. The summed E-state index contributed by atoms with van der Waals surface area (Å²) in [5.74, 6) is 0. The molecule has 7 nitrogen and oxygen atoms in total. The Morgan fingerprint density at radius 3 is 1.55 bits per heavy atom. The van der Waals surface area contributed by atoms with Crippen LogP contribution in [0.5, 0.6) is 0 Å². The second kappa shape index (κ2) is 29.0. The number of aromatic nitrogens is 4. The molecule has 6 rings (SSSR count). The van der Waals surface area contributed by atoms with Gasteiger partial charge in [0.1, 0.15) is 0 Å². The molecule has 0 atom stereocenters. The number of nitrogen functional groups attached to an aromatic ring is 1. The van der Waals surface area contributed by atoms with Gasteiger partial charge in [0.15, 0.2) is 2.82 Å². The first-order chi connectivity index (χ1) is 23.5. The first-order valence-electron chi connectivity index (χ1n) is 15.2. The number of nitrogens with two attached hydrogens (primary N) is 1. The van der Waals surface area contributed by atoms with Gasteiger partial charge in [-0.15, -0.1) is 0 Å². The van der Waals surface area contributed by atoms with Crippen LogP contribution in [0.4, 0.5) is 5.69 Å². The monoisotopic (exact) mass is 1240 g/mol. The van der Waals surface area contributed by atoms with Gasteiger partial charge in [-0.05, 0) is 60.9 Å². The number of fused-ring (bicyclic) bond motifs is 2. The molecule has 0 aliphatic rings. The standard InChI is InChI=1S/C15H12N2O.C9H8N2O.C6H7N.2C2H6.I2.3HI.V/c18-15-13-9-12(6-7-14(13)16-10-17-15)8-11-4-2-1-3-5-11;1-6-2-3-8-7(4-6)9(12)11-5-10-8;7-6-4-2-1-3-5-6;3*1-2;;;;/h1-7,9-10H,8H2,(H,16,17,18);2-5H,1H3,(H,10,11,12);1-5H,7H2;2*1-2H3;;3*1H;/q;;;;;;;;;+3/p-3/i/hD2. The van der Waals surface area contributed by atoms with Crippen molar-refractivity contribution in [2.45, 2.75) is 41.0 Å². The van der Waals surface area contributed by atoms with Crippen molar-refractivity contribution in [2.24, 2.45) is 0 Å². The van der Waals surface area contributed by atoms with Gasteiger partial charge in [0, 0.05) is 42.9 Å². The Hall–Kier alpha value is -0.806. The van der Waals surface area contributed by atoms with Crippen LogP contribution in [0, 0.1) is 6.92 Å². The Morgan fingerprint density at radius 1 is 0.681 bits per heavy atom. The zero-order valence-corrected chi connectivity index (χ0v) is 38.8. The number of H-pyrrole nitrogens is 2. The fourth-order valence-corrected chi connectivity index (χ4v) is 3.62. The number of hydrogen-bond acceptors (Lipinski definition) is 5. The molecule has 0 saturated carbocycles. The van der Waals surface area contributed by atoms with Gasteiger partial charge in [-0.1, -0.05) is 93.9 Å². The SMILES string of the molecule is CC.CC.II.Nc1ccccc1.[2H]n1cnc2ccc(C)cc2c1=O.[2H]n1cnc2ccc(Cc3ccccc3)cc2c1=O.[I][V]([I])[I]. The molecule has 0 fully saturated rings. The van der Waals surface area contributed by atoms with Crippen molar-refractivity contribution in [1.82, 2.24) is 19.9 Å². The van der Waals surface area contributed by atoms with Crippen LogP contribution in [0.15, 0.2) is 119 Å². The van der Waals surface area contributed by atoms with Gasteiger partial charge in [-0.3, -0.25) is 9.59 Å². The first kappa shape index (κ1) is 42.4. The van der Waals surface area contributed by atoms with Gasteiger partial charge in [0.05, 0.1) is 34.5 Å². The van der Waals surface area contributed by atoms with Gasteiger partial charge in [0.25, 0.3) is 11.1 Å². The van der Waals surface area contributed by atoms with E-state index in [4.69, 9.17) is 8.56 Å². The predicted molar refractivity (Wildman–Crippen MR) is 242 cm³/mol. The summed E-state index contributed by atoms with van der Waals surface area (Å²) in [5.41, 5.74) is 10.0. The third kappa shape index (κ3) is 19.8. The molecule has 252 valence electrons. The summed E-state index contributed by atoms with van der Waals surface area (Å²) in [4.78, 5) is 32.5. The van der Waals surface area contributed by atoms with Gasteiger partial charge >= 0.3 is 64.9 Å². The van der Waals surface area contributed by atoms with Gasteiger partial charge < -0.3 is 15.7 Å². The molecule has 13 heteroatoms. The molecule has 4 aromatic carbocycles. The van der Waals surface area contributed by atoms with E-state index in [-0.39, 0.29) is 16.0 Å².